The summed E-state index contributed by atoms with van der Waals surface area (Å²) in [6.07, 6.45) is 0.702. The summed E-state index contributed by atoms with van der Waals surface area (Å²) < 4.78 is 2.06. The van der Waals surface area contributed by atoms with Gasteiger partial charge in [0.15, 0.2) is 0 Å². The van der Waals surface area contributed by atoms with Crippen LogP contribution in [-0.4, -0.2) is 0 Å². The Morgan fingerprint density at radius 3 is 2.73 bits per heavy atom. The Kier molecular flexibility index (Phi) is 5.34. The zero-order valence-electron chi connectivity index (χ0n) is 8.35. The Labute approximate surface area is 107 Å². The van der Waals surface area contributed by atoms with E-state index in [0.717, 1.165) is 14.5 Å². The van der Waals surface area contributed by atoms with Crippen LogP contribution in [0.3, 0.4) is 0 Å². The van der Waals surface area contributed by atoms with E-state index in [-0.39, 0.29) is 6.04 Å². The summed E-state index contributed by atoms with van der Waals surface area (Å²) in [6.45, 7) is 1.82. The van der Waals surface area contributed by atoms with E-state index >= 15 is 0 Å². The number of rotatable bonds is 3. The zero-order chi connectivity index (χ0) is 11.3. The summed E-state index contributed by atoms with van der Waals surface area (Å²) in [5.41, 5.74) is 3.88. The molecule has 0 saturated heterocycles. The van der Waals surface area contributed by atoms with Crippen LogP contribution in [0.15, 0.2) is 27.1 Å². The molecule has 1 aromatic carbocycles. The molecule has 1 unspecified atom stereocenters. The minimum Gasteiger partial charge on any atom is -0.271 e. The van der Waals surface area contributed by atoms with Gasteiger partial charge in [0.2, 0.25) is 0 Å². The van der Waals surface area contributed by atoms with Gasteiger partial charge in [-0.2, -0.15) is 0 Å². The average Bonchev–Trinajstić information content (AvgIpc) is 2.21. The predicted molar refractivity (Wildman–Crippen MR) is 70.0 cm³/mol. The molecule has 0 aliphatic heterocycles. The molecule has 4 heteroatoms. The molecule has 15 heavy (non-hydrogen) atoms. The van der Waals surface area contributed by atoms with E-state index in [0.29, 0.717) is 6.42 Å². The van der Waals surface area contributed by atoms with Crippen LogP contribution in [-0.2, 0) is 0 Å². The highest BCUT2D eigenvalue weighted by Gasteiger charge is 2.11. The third kappa shape index (κ3) is 3.62. The van der Waals surface area contributed by atoms with Gasteiger partial charge in [-0.3, -0.25) is 11.3 Å². The fraction of sp³-hybridized carbons (Fsp3) is 0.273. The van der Waals surface area contributed by atoms with Gasteiger partial charge in [-0.1, -0.05) is 37.9 Å². The van der Waals surface area contributed by atoms with Gasteiger partial charge >= 0.3 is 0 Å². The van der Waals surface area contributed by atoms with E-state index in [1.54, 1.807) is 0 Å². The third-order valence-corrected chi connectivity index (χ3v) is 3.20. The van der Waals surface area contributed by atoms with Crippen molar-refractivity contribution in [2.45, 2.75) is 19.4 Å². The second kappa shape index (κ2) is 6.29. The monoisotopic (exact) mass is 330 g/mol. The van der Waals surface area contributed by atoms with Crippen molar-refractivity contribution in [2.75, 3.05) is 0 Å². The van der Waals surface area contributed by atoms with Crippen molar-refractivity contribution in [1.82, 2.24) is 5.43 Å². The molecule has 0 aliphatic carbocycles. The minimum absolute atomic E-state index is 0.0555. The molecule has 80 valence electrons. The van der Waals surface area contributed by atoms with Gasteiger partial charge in [0, 0.05) is 15.4 Å². The van der Waals surface area contributed by atoms with E-state index in [1.165, 1.54) is 0 Å². The average molecular weight is 332 g/mol. The molecular formula is C11H12Br2N2. The number of nitrogens with one attached hydrogen (secondary N) is 1. The Bertz CT molecular complexity index is 393. The van der Waals surface area contributed by atoms with E-state index in [1.807, 2.05) is 25.1 Å². The first kappa shape index (κ1) is 12.7. The van der Waals surface area contributed by atoms with Crippen molar-refractivity contribution in [3.8, 4) is 11.8 Å². The SMILES string of the molecule is CC#CCC(NN)c1ccc(Br)cc1Br. The molecule has 0 fully saturated rings. The van der Waals surface area contributed by atoms with Gasteiger partial charge < -0.3 is 0 Å². The first-order valence-corrected chi connectivity index (χ1v) is 6.08. The Morgan fingerprint density at radius 1 is 1.47 bits per heavy atom. The fourth-order valence-corrected chi connectivity index (χ4v) is 2.57. The number of hydrogen-bond acceptors (Lipinski definition) is 2. The van der Waals surface area contributed by atoms with Crippen LogP contribution in [0.5, 0.6) is 0 Å². The van der Waals surface area contributed by atoms with E-state index in [9.17, 15) is 0 Å². The summed E-state index contributed by atoms with van der Waals surface area (Å²) in [5.74, 6) is 11.4. The van der Waals surface area contributed by atoms with E-state index in [4.69, 9.17) is 5.84 Å². The lowest BCUT2D eigenvalue weighted by molar-refractivity contribution is 0.566. The topological polar surface area (TPSA) is 38.0 Å². The van der Waals surface area contributed by atoms with Crippen LogP contribution in [0.25, 0.3) is 0 Å². The number of hydrazine groups is 1. The second-order valence-corrected chi connectivity index (χ2v) is 4.79. The van der Waals surface area contributed by atoms with Gasteiger partial charge in [0.25, 0.3) is 0 Å². The molecule has 0 aliphatic rings. The van der Waals surface area contributed by atoms with E-state index in [2.05, 4.69) is 49.1 Å². The molecule has 0 saturated carbocycles. The quantitative estimate of drug-likeness (QED) is 0.507. The van der Waals surface area contributed by atoms with Crippen molar-refractivity contribution >= 4 is 31.9 Å². The summed E-state index contributed by atoms with van der Waals surface area (Å²) >= 11 is 6.92. The highest BCUT2D eigenvalue weighted by molar-refractivity contribution is 9.11. The van der Waals surface area contributed by atoms with Gasteiger partial charge in [0.05, 0.1) is 6.04 Å². The molecule has 0 radical (unpaired) electrons. The maximum Gasteiger partial charge on any atom is 0.0580 e. The van der Waals surface area contributed by atoms with Crippen LogP contribution in [0.1, 0.15) is 24.9 Å². The highest BCUT2D eigenvalue weighted by Crippen LogP contribution is 2.27. The Morgan fingerprint density at radius 2 is 2.20 bits per heavy atom. The smallest absolute Gasteiger partial charge is 0.0580 e. The maximum atomic E-state index is 5.50. The van der Waals surface area contributed by atoms with E-state index < -0.39 is 0 Å². The largest absolute Gasteiger partial charge is 0.271 e. The molecule has 0 amide bonds. The molecule has 1 atom stereocenters. The summed E-state index contributed by atoms with van der Waals surface area (Å²) in [7, 11) is 0. The van der Waals surface area contributed by atoms with Crippen LogP contribution >= 0.6 is 31.9 Å². The second-order valence-electron chi connectivity index (χ2n) is 3.02. The maximum absolute atomic E-state index is 5.50. The predicted octanol–water partition coefficient (Wildman–Crippen LogP) is 3.13. The molecule has 0 spiro atoms. The van der Waals surface area contributed by atoms with Crippen molar-refractivity contribution in [1.29, 1.82) is 0 Å². The molecule has 0 bridgehead atoms. The standard InChI is InChI=1S/C11H12Br2N2/c1-2-3-4-11(15-14)9-6-5-8(12)7-10(9)13/h5-7,11,15H,4,14H2,1H3. The lowest BCUT2D eigenvalue weighted by atomic mass is 10.1. The van der Waals surface area contributed by atoms with Gasteiger partial charge in [-0.05, 0) is 24.6 Å². The molecule has 1 aromatic rings. The van der Waals surface area contributed by atoms with Crippen LogP contribution in [0.4, 0.5) is 0 Å². The normalized spacial score (nSPS) is 11.7. The molecule has 0 aromatic heterocycles. The third-order valence-electron chi connectivity index (χ3n) is 2.02. The number of hydrogen-bond donors (Lipinski definition) is 2. The molecule has 1 rings (SSSR count). The van der Waals surface area contributed by atoms with Gasteiger partial charge in [-0.15, -0.1) is 11.8 Å². The van der Waals surface area contributed by atoms with Crippen LogP contribution < -0.4 is 11.3 Å². The summed E-state index contributed by atoms with van der Waals surface area (Å²) in [6, 6.07) is 6.07. The van der Waals surface area contributed by atoms with Crippen LogP contribution in [0, 0.1) is 11.8 Å². The number of nitrogens with two attached hydrogens (primary N) is 1. The van der Waals surface area contributed by atoms with Crippen LogP contribution in [0.2, 0.25) is 0 Å². The summed E-state index contributed by atoms with van der Waals surface area (Å²) in [5, 5.41) is 0. The van der Waals surface area contributed by atoms with Gasteiger partial charge in [-0.25, -0.2) is 0 Å². The van der Waals surface area contributed by atoms with Crippen molar-refractivity contribution in [3.05, 3.63) is 32.7 Å². The lowest BCUT2D eigenvalue weighted by Gasteiger charge is -2.15. The molecule has 3 N–H and O–H groups in total. The molecule has 2 nitrogen and oxygen atoms in total. The zero-order valence-corrected chi connectivity index (χ0v) is 11.5. The fourth-order valence-electron chi connectivity index (χ4n) is 1.25. The van der Waals surface area contributed by atoms with Crippen molar-refractivity contribution in [2.24, 2.45) is 5.84 Å². The minimum atomic E-state index is 0.0555. The van der Waals surface area contributed by atoms with Crippen molar-refractivity contribution < 1.29 is 0 Å². The van der Waals surface area contributed by atoms with Crippen molar-refractivity contribution in [3.63, 3.8) is 0 Å². The molecular weight excluding hydrogens is 320 g/mol. The van der Waals surface area contributed by atoms with Gasteiger partial charge in [0.1, 0.15) is 0 Å². The lowest BCUT2D eigenvalue weighted by Crippen LogP contribution is -2.27. The number of benzene rings is 1. The Balaban J connectivity index is 2.94. The molecule has 0 heterocycles. The summed E-state index contributed by atoms with van der Waals surface area (Å²) in [4.78, 5) is 0. The highest BCUT2D eigenvalue weighted by atomic mass is 79.9. The number of halogens is 2. The first-order chi connectivity index (χ1) is 7.19. The first-order valence-electron chi connectivity index (χ1n) is 4.49. The Hall–Kier alpha value is -0.340.